The number of anilines is 1. The average molecular weight is 180 g/mol. The molecule has 1 aromatic carbocycles. The van der Waals surface area contributed by atoms with Gasteiger partial charge in [-0.2, -0.15) is 0 Å². The number of halogens is 1. The van der Waals surface area contributed by atoms with Crippen LogP contribution in [0.5, 0.6) is 0 Å². The van der Waals surface area contributed by atoms with E-state index in [0.29, 0.717) is 11.3 Å². The molecule has 0 fully saturated rings. The smallest absolute Gasteiger partial charge is 0.128 e. The van der Waals surface area contributed by atoms with Crippen LogP contribution in [0.4, 0.5) is 10.1 Å². The molecule has 68 valence electrons. The second-order valence-electron chi connectivity index (χ2n) is 2.40. The van der Waals surface area contributed by atoms with Crippen molar-refractivity contribution in [3.63, 3.8) is 0 Å². The van der Waals surface area contributed by atoms with Gasteiger partial charge in [0.05, 0.1) is 6.54 Å². The fraction of sp³-hybridized carbons (Fsp3) is 0.250. The molecular formula is C8H9FN4. The van der Waals surface area contributed by atoms with E-state index in [1.165, 1.54) is 6.07 Å². The van der Waals surface area contributed by atoms with E-state index < -0.39 is 0 Å². The van der Waals surface area contributed by atoms with Crippen molar-refractivity contribution in [2.24, 2.45) is 5.11 Å². The Hall–Kier alpha value is -1.74. The van der Waals surface area contributed by atoms with Crippen molar-refractivity contribution < 1.29 is 4.39 Å². The van der Waals surface area contributed by atoms with Crippen LogP contribution in [0.3, 0.4) is 0 Å². The molecule has 0 saturated heterocycles. The summed E-state index contributed by atoms with van der Waals surface area (Å²) in [7, 11) is 1.69. The van der Waals surface area contributed by atoms with Crippen molar-refractivity contribution >= 4 is 5.69 Å². The summed E-state index contributed by atoms with van der Waals surface area (Å²) < 4.78 is 13.1. The Morgan fingerprint density at radius 1 is 1.62 bits per heavy atom. The predicted molar refractivity (Wildman–Crippen MR) is 48.8 cm³/mol. The van der Waals surface area contributed by atoms with Crippen molar-refractivity contribution in [2.75, 3.05) is 12.4 Å². The van der Waals surface area contributed by atoms with Gasteiger partial charge in [-0.15, -0.1) is 0 Å². The maximum atomic E-state index is 13.1. The zero-order chi connectivity index (χ0) is 9.68. The van der Waals surface area contributed by atoms with Gasteiger partial charge in [-0.1, -0.05) is 11.2 Å². The van der Waals surface area contributed by atoms with Gasteiger partial charge in [0.1, 0.15) is 5.82 Å². The molecule has 0 bridgehead atoms. The SMILES string of the molecule is CNc1cccc(F)c1CN=[N+]=[N-]. The van der Waals surface area contributed by atoms with Gasteiger partial charge in [0.15, 0.2) is 0 Å². The van der Waals surface area contributed by atoms with Crippen LogP contribution < -0.4 is 5.32 Å². The maximum absolute atomic E-state index is 13.1. The maximum Gasteiger partial charge on any atom is 0.128 e. The third kappa shape index (κ3) is 2.10. The van der Waals surface area contributed by atoms with Crippen LogP contribution in [0.2, 0.25) is 0 Å². The van der Waals surface area contributed by atoms with Gasteiger partial charge >= 0.3 is 0 Å². The molecule has 0 aliphatic heterocycles. The van der Waals surface area contributed by atoms with Crippen LogP contribution in [-0.2, 0) is 6.54 Å². The van der Waals surface area contributed by atoms with Gasteiger partial charge in [-0.25, -0.2) is 4.39 Å². The first-order valence-electron chi connectivity index (χ1n) is 3.75. The highest BCUT2D eigenvalue weighted by molar-refractivity contribution is 5.51. The van der Waals surface area contributed by atoms with E-state index in [0.717, 1.165) is 0 Å². The van der Waals surface area contributed by atoms with Crippen LogP contribution in [0.25, 0.3) is 10.4 Å². The third-order valence-electron chi connectivity index (χ3n) is 1.68. The van der Waals surface area contributed by atoms with Crippen LogP contribution in [0.1, 0.15) is 5.56 Å². The zero-order valence-electron chi connectivity index (χ0n) is 7.16. The standard InChI is InChI=1S/C8H9FN4/c1-11-8-4-2-3-7(9)6(8)5-12-13-10/h2-4,11H,5H2,1H3. The van der Waals surface area contributed by atoms with Crippen molar-refractivity contribution in [3.8, 4) is 0 Å². The first-order valence-corrected chi connectivity index (χ1v) is 3.75. The van der Waals surface area contributed by atoms with Crippen LogP contribution in [0, 0.1) is 5.82 Å². The summed E-state index contributed by atoms with van der Waals surface area (Å²) in [6.45, 7) is 0.0271. The van der Waals surface area contributed by atoms with Gasteiger partial charge < -0.3 is 5.32 Å². The molecule has 1 aromatic rings. The van der Waals surface area contributed by atoms with Gasteiger partial charge in [-0.05, 0) is 17.7 Å². The van der Waals surface area contributed by atoms with Gasteiger partial charge in [0, 0.05) is 23.2 Å². The summed E-state index contributed by atoms with van der Waals surface area (Å²) in [5.74, 6) is -0.362. The molecule has 0 amide bonds. The minimum Gasteiger partial charge on any atom is -0.388 e. The molecule has 0 aromatic heterocycles. The molecule has 13 heavy (non-hydrogen) atoms. The van der Waals surface area contributed by atoms with E-state index in [1.54, 1.807) is 19.2 Å². The quantitative estimate of drug-likeness (QED) is 0.434. The summed E-state index contributed by atoms with van der Waals surface area (Å²) >= 11 is 0. The lowest BCUT2D eigenvalue weighted by molar-refractivity contribution is 0.611. The topological polar surface area (TPSA) is 60.8 Å². The average Bonchev–Trinajstić information content (AvgIpc) is 2.15. The molecule has 0 atom stereocenters. The fourth-order valence-electron chi connectivity index (χ4n) is 1.06. The van der Waals surface area contributed by atoms with Gasteiger partial charge in [-0.3, -0.25) is 0 Å². The number of benzene rings is 1. The number of rotatable bonds is 3. The second kappa shape index (κ2) is 4.33. The second-order valence-corrected chi connectivity index (χ2v) is 2.40. The highest BCUT2D eigenvalue weighted by Crippen LogP contribution is 2.19. The number of azide groups is 1. The van der Waals surface area contributed by atoms with Crippen LogP contribution >= 0.6 is 0 Å². The summed E-state index contributed by atoms with van der Waals surface area (Å²) in [5, 5.41) is 6.13. The minimum atomic E-state index is -0.362. The molecule has 1 rings (SSSR count). The van der Waals surface area contributed by atoms with Crippen molar-refractivity contribution in [3.05, 3.63) is 40.0 Å². The molecule has 0 unspecified atom stereocenters. The first-order chi connectivity index (χ1) is 6.29. The zero-order valence-corrected chi connectivity index (χ0v) is 7.16. The molecule has 1 N–H and O–H groups in total. The molecule has 0 saturated carbocycles. The Morgan fingerprint density at radius 2 is 2.38 bits per heavy atom. The van der Waals surface area contributed by atoms with E-state index in [1.807, 2.05) is 0 Å². The summed E-state index contributed by atoms with van der Waals surface area (Å²) in [5.41, 5.74) is 9.13. The monoisotopic (exact) mass is 180 g/mol. The molecule has 0 aliphatic carbocycles. The molecule has 0 spiro atoms. The number of nitrogens with zero attached hydrogens (tertiary/aromatic N) is 3. The lowest BCUT2D eigenvalue weighted by Crippen LogP contribution is -1.97. The number of hydrogen-bond donors (Lipinski definition) is 1. The lowest BCUT2D eigenvalue weighted by atomic mass is 10.1. The van der Waals surface area contributed by atoms with E-state index in [4.69, 9.17) is 5.53 Å². The van der Waals surface area contributed by atoms with Crippen molar-refractivity contribution in [2.45, 2.75) is 6.54 Å². The molecular weight excluding hydrogens is 171 g/mol. The van der Waals surface area contributed by atoms with E-state index in [-0.39, 0.29) is 12.4 Å². The summed E-state index contributed by atoms with van der Waals surface area (Å²) in [4.78, 5) is 2.58. The van der Waals surface area contributed by atoms with Gasteiger partial charge in [0.2, 0.25) is 0 Å². The number of hydrogen-bond acceptors (Lipinski definition) is 2. The minimum absolute atomic E-state index is 0.0271. The Kier molecular flexibility index (Phi) is 3.11. The normalized spacial score (nSPS) is 9.08. The van der Waals surface area contributed by atoms with Crippen molar-refractivity contribution in [1.29, 1.82) is 0 Å². The Morgan fingerprint density at radius 3 is 3.00 bits per heavy atom. The molecule has 0 heterocycles. The van der Waals surface area contributed by atoms with Crippen molar-refractivity contribution in [1.82, 2.24) is 0 Å². The lowest BCUT2D eigenvalue weighted by Gasteiger charge is -2.06. The molecule has 0 radical (unpaired) electrons. The largest absolute Gasteiger partial charge is 0.388 e. The molecule has 0 aliphatic rings. The summed E-state index contributed by atoms with van der Waals surface area (Å²) in [6, 6.07) is 4.66. The van der Waals surface area contributed by atoms with E-state index in [9.17, 15) is 4.39 Å². The summed E-state index contributed by atoms with van der Waals surface area (Å²) in [6.07, 6.45) is 0. The Balaban J connectivity index is 3.06. The Bertz CT molecular complexity index is 344. The highest BCUT2D eigenvalue weighted by Gasteiger charge is 2.04. The fourth-order valence-corrected chi connectivity index (χ4v) is 1.06. The molecule has 5 heteroatoms. The van der Waals surface area contributed by atoms with E-state index in [2.05, 4.69) is 15.3 Å². The van der Waals surface area contributed by atoms with Gasteiger partial charge in [0.25, 0.3) is 0 Å². The van der Waals surface area contributed by atoms with Crippen LogP contribution in [-0.4, -0.2) is 7.05 Å². The predicted octanol–water partition coefficient (Wildman–Crippen LogP) is 2.68. The first kappa shape index (κ1) is 9.35. The van der Waals surface area contributed by atoms with Crippen LogP contribution in [0.15, 0.2) is 23.3 Å². The third-order valence-corrected chi connectivity index (χ3v) is 1.68. The van der Waals surface area contributed by atoms with E-state index >= 15 is 0 Å². The Labute approximate surface area is 75.0 Å². The number of nitrogens with one attached hydrogen (secondary N) is 1. The highest BCUT2D eigenvalue weighted by atomic mass is 19.1. The molecule has 4 nitrogen and oxygen atoms in total.